The minimum Gasteiger partial charge on any atom is -0.465 e. The van der Waals surface area contributed by atoms with Crippen LogP contribution in [0.15, 0.2) is 29.3 Å². The van der Waals surface area contributed by atoms with E-state index in [9.17, 15) is 18.0 Å². The molecule has 3 rings (SSSR count). The molecule has 12 heteroatoms. The number of anilines is 1. The van der Waals surface area contributed by atoms with Crippen LogP contribution in [0.3, 0.4) is 0 Å². The lowest BCUT2D eigenvalue weighted by molar-refractivity contribution is 0.109. The zero-order chi connectivity index (χ0) is 26.7. The number of sulfonamides is 1. The molecule has 198 valence electrons. The molecule has 1 heterocycles. The second-order valence-corrected chi connectivity index (χ2v) is 12.9. The Bertz CT molecular complexity index is 1200. The summed E-state index contributed by atoms with van der Waals surface area (Å²) >= 11 is 1.43. The van der Waals surface area contributed by atoms with Crippen molar-refractivity contribution in [3.8, 4) is 10.4 Å². The van der Waals surface area contributed by atoms with Crippen LogP contribution in [0, 0.1) is 0 Å². The molecule has 2 amide bonds. The average molecular weight is 539 g/mol. The van der Waals surface area contributed by atoms with Gasteiger partial charge >= 0.3 is 12.2 Å². The fourth-order valence-electron chi connectivity index (χ4n) is 4.11. The first-order valence-electron chi connectivity index (χ1n) is 11.8. The highest BCUT2D eigenvalue weighted by Gasteiger charge is 2.29. The van der Waals surface area contributed by atoms with E-state index in [1.165, 1.54) is 23.5 Å². The van der Waals surface area contributed by atoms with Gasteiger partial charge in [-0.05, 0) is 72.4 Å². The van der Waals surface area contributed by atoms with Crippen LogP contribution < -0.4 is 15.4 Å². The topological polar surface area (TPSA) is 147 Å². The van der Waals surface area contributed by atoms with E-state index in [2.05, 4.69) is 20.3 Å². The number of alkyl carbamates (subject to hydrolysis) is 1. The molecule has 0 atom stereocenters. The van der Waals surface area contributed by atoms with Gasteiger partial charge in [-0.15, -0.1) is 11.3 Å². The van der Waals surface area contributed by atoms with Crippen molar-refractivity contribution in [1.82, 2.24) is 15.0 Å². The molecule has 0 aliphatic heterocycles. The summed E-state index contributed by atoms with van der Waals surface area (Å²) in [4.78, 5) is 28.2. The van der Waals surface area contributed by atoms with Crippen LogP contribution in [-0.4, -0.2) is 48.4 Å². The molecule has 1 aromatic carbocycles. The molecule has 36 heavy (non-hydrogen) atoms. The molecule has 4 N–H and O–H groups in total. The van der Waals surface area contributed by atoms with Gasteiger partial charge in [0.2, 0.25) is 10.0 Å². The molecule has 10 nitrogen and oxygen atoms in total. The van der Waals surface area contributed by atoms with E-state index in [0.29, 0.717) is 10.4 Å². The van der Waals surface area contributed by atoms with Crippen LogP contribution in [0.5, 0.6) is 0 Å². The van der Waals surface area contributed by atoms with E-state index in [-0.39, 0.29) is 28.6 Å². The molecule has 0 radical (unpaired) electrons. The van der Waals surface area contributed by atoms with Crippen LogP contribution in [0.4, 0.5) is 15.3 Å². The van der Waals surface area contributed by atoms with Crippen LogP contribution >= 0.6 is 11.3 Å². The van der Waals surface area contributed by atoms with E-state index in [1.54, 1.807) is 33.0 Å². The molecule has 0 saturated heterocycles. The largest absolute Gasteiger partial charge is 0.465 e. The minimum absolute atomic E-state index is 0.0181. The number of rotatable bonds is 7. The molecule has 0 spiro atoms. The summed E-state index contributed by atoms with van der Waals surface area (Å²) < 4.78 is 34.3. The SMILES string of the molecule is CC(C)OC(=O)N[C@H]1CC[C@H](c2ncc(-c3ccc(NC(=O)O)cc3S(=O)(=O)NC(C)(C)C)s2)CC1. The molecule has 1 saturated carbocycles. The fourth-order valence-corrected chi connectivity index (χ4v) is 6.96. The maximum absolute atomic E-state index is 13.2. The molecular formula is C24H34N4O6S2. The molecule has 1 fully saturated rings. The van der Waals surface area contributed by atoms with Crippen molar-refractivity contribution in [2.75, 3.05) is 5.32 Å². The van der Waals surface area contributed by atoms with Crippen molar-refractivity contribution in [3.63, 3.8) is 0 Å². The predicted molar refractivity (Wildman–Crippen MR) is 139 cm³/mol. The maximum atomic E-state index is 13.2. The summed E-state index contributed by atoms with van der Waals surface area (Å²) in [6, 6.07) is 4.51. The zero-order valence-electron chi connectivity index (χ0n) is 21.1. The van der Waals surface area contributed by atoms with Gasteiger partial charge in [0.15, 0.2) is 0 Å². The van der Waals surface area contributed by atoms with Crippen LogP contribution in [0.2, 0.25) is 0 Å². The summed E-state index contributed by atoms with van der Waals surface area (Å²) in [5.74, 6) is 0.212. The number of thiazole rings is 1. The van der Waals surface area contributed by atoms with E-state index >= 15 is 0 Å². The van der Waals surface area contributed by atoms with Crippen molar-refractivity contribution in [2.24, 2.45) is 0 Å². The van der Waals surface area contributed by atoms with Crippen molar-refractivity contribution in [3.05, 3.63) is 29.4 Å². The van der Waals surface area contributed by atoms with Crippen LogP contribution in [-0.2, 0) is 14.8 Å². The normalized spacial score (nSPS) is 18.6. The smallest absolute Gasteiger partial charge is 0.409 e. The van der Waals surface area contributed by atoms with Gasteiger partial charge < -0.3 is 15.2 Å². The number of amides is 2. The molecule has 0 bridgehead atoms. The lowest BCUT2D eigenvalue weighted by Gasteiger charge is -2.28. The van der Waals surface area contributed by atoms with Gasteiger partial charge in [0.05, 0.1) is 20.9 Å². The standard InChI is InChI=1S/C24H34N4O6S2/c1-14(2)34-23(31)27-16-8-6-15(7-9-16)21-25-13-19(35-21)18-11-10-17(26-22(29)30)12-20(18)36(32,33)28-24(3,4)5/h10-16,26,28H,6-9H2,1-5H3,(H,27,31)(H,29,30)/t15-,16-. The Balaban J connectivity index is 1.81. The second-order valence-electron chi connectivity index (χ2n) is 10.2. The Morgan fingerprint density at radius 3 is 2.42 bits per heavy atom. The first-order chi connectivity index (χ1) is 16.7. The molecule has 0 unspecified atom stereocenters. The van der Waals surface area contributed by atoms with Crippen LogP contribution in [0.25, 0.3) is 10.4 Å². The Morgan fingerprint density at radius 2 is 1.83 bits per heavy atom. The third-order valence-corrected chi connectivity index (χ3v) is 8.48. The number of aromatic nitrogens is 1. The number of nitrogens with zero attached hydrogens (tertiary/aromatic N) is 1. The van der Waals surface area contributed by atoms with Gasteiger partial charge in [0.25, 0.3) is 0 Å². The number of nitrogens with one attached hydrogen (secondary N) is 3. The van der Waals surface area contributed by atoms with E-state index in [0.717, 1.165) is 30.7 Å². The quantitative estimate of drug-likeness (QED) is 0.382. The Hall–Kier alpha value is -2.70. The number of carboxylic acid groups (broad SMARTS) is 1. The number of carbonyl (C=O) groups is 2. The first-order valence-corrected chi connectivity index (χ1v) is 14.1. The number of carbonyl (C=O) groups excluding carboxylic acids is 1. The summed E-state index contributed by atoms with van der Waals surface area (Å²) in [5.41, 5.74) is -0.107. The highest BCUT2D eigenvalue weighted by atomic mass is 32.2. The zero-order valence-corrected chi connectivity index (χ0v) is 22.8. The molecule has 1 aliphatic rings. The highest BCUT2D eigenvalue weighted by molar-refractivity contribution is 7.89. The summed E-state index contributed by atoms with van der Waals surface area (Å²) in [6.07, 6.45) is 3.11. The number of benzene rings is 1. The van der Waals surface area contributed by atoms with Gasteiger partial charge in [-0.1, -0.05) is 6.07 Å². The lowest BCUT2D eigenvalue weighted by Crippen LogP contribution is -2.40. The van der Waals surface area contributed by atoms with E-state index in [1.807, 2.05) is 13.8 Å². The van der Waals surface area contributed by atoms with Crippen molar-refractivity contribution >= 4 is 39.2 Å². The highest BCUT2D eigenvalue weighted by Crippen LogP contribution is 2.40. The number of ether oxygens (including phenoxy) is 1. The first kappa shape index (κ1) is 27.9. The Kier molecular flexibility index (Phi) is 8.63. The summed E-state index contributed by atoms with van der Waals surface area (Å²) in [6.45, 7) is 8.83. The Labute approximate surface area is 215 Å². The summed E-state index contributed by atoms with van der Waals surface area (Å²) in [5, 5.41) is 15.1. The third-order valence-electron chi connectivity index (χ3n) is 5.49. The monoisotopic (exact) mass is 538 g/mol. The van der Waals surface area contributed by atoms with Gasteiger partial charge in [-0.3, -0.25) is 5.32 Å². The molecule has 2 aromatic rings. The molecule has 1 aliphatic carbocycles. The summed E-state index contributed by atoms with van der Waals surface area (Å²) in [7, 11) is -3.95. The van der Waals surface area contributed by atoms with E-state index < -0.39 is 27.7 Å². The predicted octanol–water partition coefficient (Wildman–Crippen LogP) is 5.14. The maximum Gasteiger partial charge on any atom is 0.409 e. The average Bonchev–Trinajstić information content (AvgIpc) is 3.21. The van der Waals surface area contributed by atoms with Crippen LogP contribution in [0.1, 0.15) is 71.2 Å². The van der Waals surface area contributed by atoms with Gasteiger partial charge in [-0.2, -0.15) is 0 Å². The molecule has 1 aromatic heterocycles. The van der Waals surface area contributed by atoms with E-state index in [4.69, 9.17) is 9.84 Å². The van der Waals surface area contributed by atoms with Gasteiger partial charge in [-0.25, -0.2) is 27.7 Å². The lowest BCUT2D eigenvalue weighted by atomic mass is 9.86. The molecular weight excluding hydrogens is 504 g/mol. The number of hydrogen-bond donors (Lipinski definition) is 4. The second kappa shape index (κ2) is 11.1. The van der Waals surface area contributed by atoms with Crippen molar-refractivity contribution in [1.29, 1.82) is 0 Å². The number of hydrogen-bond acceptors (Lipinski definition) is 7. The third kappa shape index (κ3) is 7.65. The van der Waals surface area contributed by atoms with Gasteiger partial charge in [0, 0.05) is 34.9 Å². The Morgan fingerprint density at radius 1 is 1.17 bits per heavy atom. The fraction of sp³-hybridized carbons (Fsp3) is 0.542. The van der Waals surface area contributed by atoms with Crippen molar-refractivity contribution in [2.45, 2.75) is 88.8 Å². The minimum atomic E-state index is -3.95. The van der Waals surface area contributed by atoms with Gasteiger partial charge in [0.1, 0.15) is 0 Å². The van der Waals surface area contributed by atoms with Crippen molar-refractivity contribution < 1.29 is 27.9 Å².